The minimum absolute atomic E-state index is 0.147. The molecule has 0 aliphatic carbocycles. The molecule has 6 nitrogen and oxygen atoms in total. The Hall–Kier alpha value is -1.95. The van der Waals surface area contributed by atoms with Crippen LogP contribution in [0, 0.1) is 0 Å². The van der Waals surface area contributed by atoms with Gasteiger partial charge in [0.05, 0.1) is 24.3 Å². The number of amides is 1. The minimum Gasteiger partial charge on any atom is -0.493 e. The van der Waals surface area contributed by atoms with Gasteiger partial charge in [-0.25, -0.2) is 4.79 Å². The Morgan fingerprint density at radius 3 is 2.57 bits per heavy atom. The molecule has 7 heteroatoms. The van der Waals surface area contributed by atoms with E-state index in [1.165, 1.54) is 26.2 Å². The summed E-state index contributed by atoms with van der Waals surface area (Å²) in [5.41, 5.74) is 5.19. The molecule has 116 valence electrons. The van der Waals surface area contributed by atoms with E-state index in [0.29, 0.717) is 18.1 Å². The molecule has 1 aromatic rings. The molecular weight excluding hydrogens is 298 g/mol. The smallest absolute Gasteiger partial charge is 0.339 e. The summed E-state index contributed by atoms with van der Waals surface area (Å²) in [6.45, 7) is 3.81. The first-order chi connectivity index (χ1) is 9.90. The fourth-order valence-electron chi connectivity index (χ4n) is 1.47. The second-order valence-electron chi connectivity index (χ2n) is 4.29. The molecule has 1 aromatic carbocycles. The van der Waals surface area contributed by atoms with Crippen LogP contribution in [0.3, 0.4) is 0 Å². The standard InChI is InChI=1S/C14H18ClNO5/c1-4-5-20-12-10(15)6-9(7-11(12)19-3)14(18)21-8(2)13(16)17/h6-8H,4-5H2,1-3H3,(H2,16,17)/t8-/m0/s1. The van der Waals surface area contributed by atoms with Crippen LogP contribution < -0.4 is 15.2 Å². The van der Waals surface area contributed by atoms with Crippen LogP contribution in [0.2, 0.25) is 5.02 Å². The minimum atomic E-state index is -1.03. The predicted molar refractivity (Wildman–Crippen MR) is 77.9 cm³/mol. The maximum atomic E-state index is 11.9. The van der Waals surface area contributed by atoms with Crippen molar-refractivity contribution in [3.8, 4) is 11.5 Å². The van der Waals surface area contributed by atoms with Gasteiger partial charge >= 0.3 is 5.97 Å². The molecule has 0 saturated heterocycles. The Morgan fingerprint density at radius 2 is 2.05 bits per heavy atom. The molecule has 1 atom stereocenters. The summed E-state index contributed by atoms with van der Waals surface area (Å²) in [5, 5.41) is 0.224. The van der Waals surface area contributed by atoms with Gasteiger partial charge in [-0.1, -0.05) is 18.5 Å². The molecule has 2 N–H and O–H groups in total. The van der Waals surface area contributed by atoms with Gasteiger partial charge in [0.2, 0.25) is 0 Å². The first-order valence-electron chi connectivity index (χ1n) is 6.41. The first-order valence-corrected chi connectivity index (χ1v) is 6.79. The Kier molecular flexibility index (Phi) is 6.30. The summed E-state index contributed by atoms with van der Waals surface area (Å²) >= 11 is 6.09. The van der Waals surface area contributed by atoms with E-state index in [9.17, 15) is 9.59 Å². The third-order valence-corrected chi connectivity index (χ3v) is 2.88. The molecule has 21 heavy (non-hydrogen) atoms. The van der Waals surface area contributed by atoms with E-state index >= 15 is 0 Å². The number of esters is 1. The number of rotatable bonds is 7. The van der Waals surface area contributed by atoms with Gasteiger partial charge in [0.25, 0.3) is 5.91 Å². The van der Waals surface area contributed by atoms with Gasteiger partial charge in [-0.2, -0.15) is 0 Å². The number of carbonyl (C=O) groups excluding carboxylic acids is 2. The number of methoxy groups -OCH3 is 1. The van der Waals surface area contributed by atoms with E-state index in [1.807, 2.05) is 6.92 Å². The van der Waals surface area contributed by atoms with Crippen LogP contribution in [0.5, 0.6) is 11.5 Å². The van der Waals surface area contributed by atoms with Crippen molar-refractivity contribution in [2.45, 2.75) is 26.4 Å². The summed E-state index contributed by atoms with van der Waals surface area (Å²) in [5.74, 6) is -0.775. The van der Waals surface area contributed by atoms with E-state index in [1.54, 1.807) is 0 Å². The van der Waals surface area contributed by atoms with Crippen LogP contribution in [0.25, 0.3) is 0 Å². The summed E-state index contributed by atoms with van der Waals surface area (Å²) < 4.78 is 15.5. The molecule has 1 rings (SSSR count). The van der Waals surface area contributed by atoms with Crippen molar-refractivity contribution in [1.29, 1.82) is 0 Å². The van der Waals surface area contributed by atoms with Gasteiger partial charge in [-0.3, -0.25) is 4.79 Å². The topological polar surface area (TPSA) is 87.9 Å². The molecule has 0 saturated carbocycles. The third kappa shape index (κ3) is 4.53. The predicted octanol–water partition coefficient (Wildman–Crippen LogP) is 2.17. The number of hydrogen-bond acceptors (Lipinski definition) is 5. The summed E-state index contributed by atoms with van der Waals surface area (Å²) in [6.07, 6.45) is -0.224. The molecule has 0 unspecified atom stereocenters. The Labute approximate surface area is 128 Å². The van der Waals surface area contributed by atoms with Crippen LogP contribution >= 0.6 is 11.6 Å². The van der Waals surface area contributed by atoms with Crippen molar-refractivity contribution in [2.75, 3.05) is 13.7 Å². The van der Waals surface area contributed by atoms with E-state index < -0.39 is 18.0 Å². The average molecular weight is 316 g/mol. The van der Waals surface area contributed by atoms with Gasteiger partial charge in [0.1, 0.15) is 0 Å². The van der Waals surface area contributed by atoms with Crippen LogP contribution in [0.1, 0.15) is 30.6 Å². The number of benzene rings is 1. The van der Waals surface area contributed by atoms with E-state index in [4.69, 9.17) is 31.5 Å². The normalized spacial score (nSPS) is 11.6. The number of halogens is 1. The highest BCUT2D eigenvalue weighted by molar-refractivity contribution is 6.32. The molecule has 0 bridgehead atoms. The van der Waals surface area contributed by atoms with Crippen LogP contribution in [-0.4, -0.2) is 31.7 Å². The Bertz CT molecular complexity index is 532. The lowest BCUT2D eigenvalue weighted by atomic mass is 10.2. The van der Waals surface area contributed by atoms with Crippen LogP contribution in [0.15, 0.2) is 12.1 Å². The van der Waals surface area contributed by atoms with Crippen molar-refractivity contribution >= 4 is 23.5 Å². The molecule has 0 aromatic heterocycles. The molecule has 0 aliphatic rings. The van der Waals surface area contributed by atoms with Gasteiger partial charge in [-0.15, -0.1) is 0 Å². The number of primary amides is 1. The fraction of sp³-hybridized carbons (Fsp3) is 0.429. The van der Waals surface area contributed by atoms with E-state index in [0.717, 1.165) is 6.42 Å². The largest absolute Gasteiger partial charge is 0.493 e. The zero-order valence-corrected chi connectivity index (χ0v) is 12.9. The zero-order chi connectivity index (χ0) is 16.0. The first kappa shape index (κ1) is 17.1. The summed E-state index contributed by atoms with van der Waals surface area (Å²) in [7, 11) is 1.44. The van der Waals surface area contributed by atoms with Crippen molar-refractivity contribution in [3.63, 3.8) is 0 Å². The van der Waals surface area contributed by atoms with Crippen LogP contribution in [0.4, 0.5) is 0 Å². The molecule has 0 aliphatic heterocycles. The van der Waals surface area contributed by atoms with Crippen molar-refractivity contribution in [2.24, 2.45) is 5.73 Å². The quantitative estimate of drug-likeness (QED) is 0.779. The highest BCUT2D eigenvalue weighted by Crippen LogP contribution is 2.36. The second-order valence-corrected chi connectivity index (χ2v) is 4.70. The molecule has 0 fully saturated rings. The van der Waals surface area contributed by atoms with E-state index in [2.05, 4.69) is 0 Å². The maximum absolute atomic E-state index is 11.9. The lowest BCUT2D eigenvalue weighted by Gasteiger charge is -2.14. The lowest BCUT2D eigenvalue weighted by Crippen LogP contribution is -2.30. The van der Waals surface area contributed by atoms with Gasteiger partial charge in [0.15, 0.2) is 17.6 Å². The van der Waals surface area contributed by atoms with Crippen molar-refractivity contribution in [1.82, 2.24) is 0 Å². The number of carbonyl (C=O) groups is 2. The molecule has 0 spiro atoms. The van der Waals surface area contributed by atoms with Crippen molar-refractivity contribution < 1.29 is 23.8 Å². The average Bonchev–Trinajstić information content (AvgIpc) is 2.44. The highest BCUT2D eigenvalue weighted by atomic mass is 35.5. The number of hydrogen-bond donors (Lipinski definition) is 1. The van der Waals surface area contributed by atoms with Crippen molar-refractivity contribution in [3.05, 3.63) is 22.7 Å². The summed E-state index contributed by atoms with van der Waals surface area (Å²) in [4.78, 5) is 22.8. The second kappa shape index (κ2) is 7.73. The zero-order valence-electron chi connectivity index (χ0n) is 12.1. The highest BCUT2D eigenvalue weighted by Gasteiger charge is 2.20. The van der Waals surface area contributed by atoms with Gasteiger partial charge in [-0.05, 0) is 25.5 Å². The Balaban J connectivity index is 3.02. The third-order valence-electron chi connectivity index (χ3n) is 2.60. The monoisotopic (exact) mass is 315 g/mol. The molecular formula is C14H18ClNO5. The number of nitrogens with two attached hydrogens (primary N) is 1. The van der Waals surface area contributed by atoms with Gasteiger partial charge in [0, 0.05) is 0 Å². The fourth-order valence-corrected chi connectivity index (χ4v) is 1.73. The van der Waals surface area contributed by atoms with Crippen LogP contribution in [-0.2, 0) is 9.53 Å². The molecule has 1 amide bonds. The molecule has 0 heterocycles. The lowest BCUT2D eigenvalue weighted by molar-refractivity contribution is -0.125. The number of ether oxygens (including phenoxy) is 3. The van der Waals surface area contributed by atoms with E-state index in [-0.39, 0.29) is 10.6 Å². The molecule has 0 radical (unpaired) electrons. The Morgan fingerprint density at radius 1 is 1.38 bits per heavy atom. The summed E-state index contributed by atoms with van der Waals surface area (Å²) in [6, 6.07) is 2.83. The SMILES string of the molecule is CCCOc1c(Cl)cc(C(=O)O[C@@H](C)C(N)=O)cc1OC. The van der Waals surface area contributed by atoms with Gasteiger partial charge < -0.3 is 19.9 Å². The maximum Gasteiger partial charge on any atom is 0.339 e.